The van der Waals surface area contributed by atoms with E-state index in [1.54, 1.807) is 23.4 Å². The van der Waals surface area contributed by atoms with Gasteiger partial charge in [-0.2, -0.15) is 0 Å². The molecule has 2 saturated heterocycles. The third kappa shape index (κ3) is 5.98. The van der Waals surface area contributed by atoms with Gasteiger partial charge in [0.2, 0.25) is 5.91 Å². The first-order valence-corrected chi connectivity index (χ1v) is 10.6. The van der Waals surface area contributed by atoms with E-state index in [0.29, 0.717) is 37.0 Å². The van der Waals surface area contributed by atoms with Gasteiger partial charge in [0, 0.05) is 57.5 Å². The smallest absolute Gasteiger partial charge is 0.410 e. The summed E-state index contributed by atoms with van der Waals surface area (Å²) in [5.74, 6) is 0.591. The van der Waals surface area contributed by atoms with Gasteiger partial charge in [0.15, 0.2) is 0 Å². The van der Waals surface area contributed by atoms with E-state index < -0.39 is 5.60 Å². The van der Waals surface area contributed by atoms with Crippen molar-refractivity contribution in [2.24, 2.45) is 5.92 Å². The molecule has 0 spiro atoms. The van der Waals surface area contributed by atoms with Crippen LogP contribution in [-0.2, 0) is 9.53 Å². The van der Waals surface area contributed by atoms with Gasteiger partial charge < -0.3 is 19.3 Å². The number of amides is 2. The molecular formula is C21H30ClN3O4. The minimum absolute atomic E-state index is 0.0311. The SMILES string of the molecule is CC(C)(C)OC(=O)N1CCC[C@H](C(=O)N2CCC(Oc3ccncc3Cl)CC2)C1. The lowest BCUT2D eigenvalue weighted by atomic mass is 9.95. The average molecular weight is 424 g/mol. The molecule has 8 heteroatoms. The Bertz CT molecular complexity index is 729. The van der Waals surface area contributed by atoms with Crippen molar-refractivity contribution in [3.63, 3.8) is 0 Å². The second-order valence-electron chi connectivity index (χ2n) is 8.71. The zero-order valence-corrected chi connectivity index (χ0v) is 18.2. The second kappa shape index (κ2) is 9.20. The predicted molar refractivity (Wildman–Crippen MR) is 110 cm³/mol. The van der Waals surface area contributed by atoms with Gasteiger partial charge in [-0.1, -0.05) is 11.6 Å². The molecule has 0 N–H and O–H groups in total. The van der Waals surface area contributed by atoms with Crippen LogP contribution in [-0.4, -0.2) is 64.7 Å². The van der Waals surface area contributed by atoms with Crippen molar-refractivity contribution in [1.29, 1.82) is 0 Å². The molecule has 2 aliphatic heterocycles. The predicted octanol–water partition coefficient (Wildman–Crippen LogP) is 3.75. The maximum absolute atomic E-state index is 13.0. The number of hydrogen-bond acceptors (Lipinski definition) is 5. The number of carbonyl (C=O) groups excluding carboxylic acids is 2. The molecule has 0 radical (unpaired) electrons. The second-order valence-corrected chi connectivity index (χ2v) is 9.12. The molecular weight excluding hydrogens is 394 g/mol. The van der Waals surface area contributed by atoms with E-state index in [-0.39, 0.29) is 24.0 Å². The molecule has 0 aliphatic carbocycles. The van der Waals surface area contributed by atoms with Crippen LogP contribution in [0.25, 0.3) is 0 Å². The topological polar surface area (TPSA) is 72.0 Å². The van der Waals surface area contributed by atoms with Gasteiger partial charge >= 0.3 is 6.09 Å². The van der Waals surface area contributed by atoms with Crippen molar-refractivity contribution >= 4 is 23.6 Å². The fourth-order valence-corrected chi connectivity index (χ4v) is 3.92. The molecule has 2 aliphatic rings. The molecule has 0 unspecified atom stereocenters. The number of piperidine rings is 2. The minimum atomic E-state index is -0.534. The number of hydrogen-bond donors (Lipinski definition) is 0. The molecule has 3 rings (SSSR count). The van der Waals surface area contributed by atoms with Crippen LogP contribution in [0, 0.1) is 5.92 Å². The third-order valence-electron chi connectivity index (χ3n) is 5.20. The molecule has 0 aromatic carbocycles. The summed E-state index contributed by atoms with van der Waals surface area (Å²) in [6.45, 7) is 7.91. The van der Waals surface area contributed by atoms with E-state index >= 15 is 0 Å². The highest BCUT2D eigenvalue weighted by molar-refractivity contribution is 6.31. The number of aromatic nitrogens is 1. The molecule has 2 fully saturated rings. The fourth-order valence-electron chi connectivity index (χ4n) is 3.76. The molecule has 0 saturated carbocycles. The summed E-state index contributed by atoms with van der Waals surface area (Å²) in [6.07, 6.45) is 6.05. The van der Waals surface area contributed by atoms with Crippen molar-refractivity contribution in [2.75, 3.05) is 26.2 Å². The monoisotopic (exact) mass is 423 g/mol. The van der Waals surface area contributed by atoms with Gasteiger partial charge in [-0.25, -0.2) is 4.79 Å². The lowest BCUT2D eigenvalue weighted by Crippen LogP contribution is -2.50. The first kappa shape index (κ1) is 21.7. The Labute approximate surface area is 177 Å². The number of nitrogens with zero attached hydrogens (tertiary/aromatic N) is 3. The number of pyridine rings is 1. The zero-order chi connectivity index (χ0) is 21.0. The Kier molecular flexibility index (Phi) is 6.88. The zero-order valence-electron chi connectivity index (χ0n) is 17.4. The lowest BCUT2D eigenvalue weighted by Gasteiger charge is -2.38. The highest BCUT2D eigenvalue weighted by Crippen LogP contribution is 2.27. The summed E-state index contributed by atoms with van der Waals surface area (Å²) < 4.78 is 11.4. The summed E-state index contributed by atoms with van der Waals surface area (Å²) in [5, 5.41) is 0.496. The Balaban J connectivity index is 1.50. The standard InChI is InChI=1S/C21H30ClN3O4/c1-21(2,3)29-20(27)25-10-4-5-15(14-25)19(26)24-11-7-16(8-12-24)28-18-6-9-23-13-17(18)22/h6,9,13,15-16H,4-5,7-8,10-12,14H2,1-3H3/t15-/m0/s1. The van der Waals surface area contributed by atoms with Gasteiger partial charge in [-0.3, -0.25) is 9.78 Å². The van der Waals surface area contributed by atoms with E-state index in [2.05, 4.69) is 4.98 Å². The van der Waals surface area contributed by atoms with Crippen LogP contribution in [0.5, 0.6) is 5.75 Å². The molecule has 0 bridgehead atoms. The third-order valence-corrected chi connectivity index (χ3v) is 5.49. The van der Waals surface area contributed by atoms with Crippen molar-refractivity contribution in [2.45, 2.75) is 58.2 Å². The maximum Gasteiger partial charge on any atom is 0.410 e. The van der Waals surface area contributed by atoms with Gasteiger partial charge in [0.05, 0.1) is 5.92 Å². The van der Waals surface area contributed by atoms with E-state index in [0.717, 1.165) is 25.7 Å². The number of ether oxygens (including phenoxy) is 2. The molecule has 1 aromatic rings. The van der Waals surface area contributed by atoms with E-state index in [9.17, 15) is 9.59 Å². The summed E-state index contributed by atoms with van der Waals surface area (Å²) >= 11 is 6.11. The van der Waals surface area contributed by atoms with Crippen LogP contribution in [0.1, 0.15) is 46.5 Å². The lowest BCUT2D eigenvalue weighted by molar-refractivity contribution is -0.139. The molecule has 160 valence electrons. The summed E-state index contributed by atoms with van der Waals surface area (Å²) in [6, 6.07) is 1.76. The van der Waals surface area contributed by atoms with Crippen molar-refractivity contribution in [3.05, 3.63) is 23.5 Å². The van der Waals surface area contributed by atoms with Crippen LogP contribution >= 0.6 is 11.6 Å². The summed E-state index contributed by atoms with van der Waals surface area (Å²) in [5.41, 5.74) is -0.534. The van der Waals surface area contributed by atoms with Crippen LogP contribution in [0.4, 0.5) is 4.79 Å². The van der Waals surface area contributed by atoms with Crippen LogP contribution in [0.3, 0.4) is 0 Å². The Morgan fingerprint density at radius 2 is 1.86 bits per heavy atom. The fraction of sp³-hybridized carbons (Fsp3) is 0.667. The van der Waals surface area contributed by atoms with Gasteiger partial charge in [0.1, 0.15) is 22.5 Å². The highest BCUT2D eigenvalue weighted by atomic mass is 35.5. The number of carbonyl (C=O) groups is 2. The molecule has 2 amide bonds. The summed E-state index contributed by atoms with van der Waals surface area (Å²) in [4.78, 5) is 32.9. The minimum Gasteiger partial charge on any atom is -0.489 e. The number of rotatable bonds is 3. The molecule has 1 atom stereocenters. The van der Waals surface area contributed by atoms with Gasteiger partial charge in [-0.05, 0) is 33.6 Å². The molecule has 29 heavy (non-hydrogen) atoms. The number of likely N-dealkylation sites (tertiary alicyclic amines) is 2. The maximum atomic E-state index is 13.0. The Morgan fingerprint density at radius 3 is 2.52 bits per heavy atom. The number of halogens is 1. The van der Waals surface area contributed by atoms with E-state index in [1.165, 1.54) is 0 Å². The average Bonchev–Trinajstić information content (AvgIpc) is 2.68. The largest absolute Gasteiger partial charge is 0.489 e. The van der Waals surface area contributed by atoms with E-state index in [1.807, 2.05) is 25.7 Å². The molecule has 7 nitrogen and oxygen atoms in total. The van der Waals surface area contributed by atoms with Crippen molar-refractivity contribution in [3.8, 4) is 5.75 Å². The normalized spacial score (nSPS) is 21.0. The van der Waals surface area contributed by atoms with E-state index in [4.69, 9.17) is 21.1 Å². The highest BCUT2D eigenvalue weighted by Gasteiger charge is 2.34. The van der Waals surface area contributed by atoms with Crippen LogP contribution in [0.2, 0.25) is 5.02 Å². The quantitative estimate of drug-likeness (QED) is 0.740. The Morgan fingerprint density at radius 1 is 1.14 bits per heavy atom. The Hall–Kier alpha value is -2.02. The van der Waals surface area contributed by atoms with Crippen LogP contribution in [0.15, 0.2) is 18.5 Å². The van der Waals surface area contributed by atoms with Crippen LogP contribution < -0.4 is 4.74 Å². The first-order valence-electron chi connectivity index (χ1n) is 10.3. The van der Waals surface area contributed by atoms with Gasteiger partial charge in [-0.15, -0.1) is 0 Å². The molecule has 3 heterocycles. The molecule has 1 aromatic heterocycles. The van der Waals surface area contributed by atoms with Crippen molar-refractivity contribution < 1.29 is 19.1 Å². The van der Waals surface area contributed by atoms with Gasteiger partial charge in [0.25, 0.3) is 0 Å². The van der Waals surface area contributed by atoms with Crippen molar-refractivity contribution in [1.82, 2.24) is 14.8 Å². The summed E-state index contributed by atoms with van der Waals surface area (Å²) in [7, 11) is 0. The first-order chi connectivity index (χ1) is 13.7.